The van der Waals surface area contributed by atoms with Gasteiger partial charge in [-0.2, -0.15) is 0 Å². The van der Waals surface area contributed by atoms with Crippen LogP contribution in [0.15, 0.2) is 60.7 Å². The first-order valence-electron chi connectivity index (χ1n) is 5.78. The minimum Gasteiger partial charge on any atom is -0.457 e. The van der Waals surface area contributed by atoms with Crippen molar-refractivity contribution >= 4 is 11.9 Å². The minimum atomic E-state index is 0.682. The molecule has 0 N–H and O–H groups in total. The van der Waals surface area contributed by atoms with Gasteiger partial charge in [0.05, 0.1) is 0 Å². The Bertz CT molecular complexity index is 539. The summed E-state index contributed by atoms with van der Waals surface area (Å²) in [6, 6.07) is 17.1. The third-order valence-electron chi connectivity index (χ3n) is 2.60. The lowest BCUT2D eigenvalue weighted by atomic mass is 10.1. The van der Waals surface area contributed by atoms with E-state index in [0.717, 1.165) is 23.3 Å². The van der Waals surface area contributed by atoms with Gasteiger partial charge in [0.2, 0.25) is 0 Å². The molecule has 2 heteroatoms. The first kappa shape index (κ1) is 12.1. The van der Waals surface area contributed by atoms with Crippen LogP contribution in [0.3, 0.4) is 0 Å². The average molecular weight is 238 g/mol. The van der Waals surface area contributed by atoms with E-state index in [2.05, 4.69) is 0 Å². The molecular formula is C16H14O2. The lowest BCUT2D eigenvalue weighted by Crippen LogP contribution is -1.87. The fraction of sp³-hybridized carbons (Fsp3) is 0.0625. The van der Waals surface area contributed by atoms with E-state index in [1.165, 1.54) is 0 Å². The van der Waals surface area contributed by atoms with Gasteiger partial charge in [0.1, 0.15) is 17.8 Å². The van der Waals surface area contributed by atoms with Crippen molar-refractivity contribution < 1.29 is 9.53 Å². The Hall–Kier alpha value is -2.35. The van der Waals surface area contributed by atoms with Crippen LogP contribution in [0.4, 0.5) is 0 Å². The van der Waals surface area contributed by atoms with Crippen molar-refractivity contribution in [2.24, 2.45) is 0 Å². The van der Waals surface area contributed by atoms with Crippen molar-refractivity contribution in [1.82, 2.24) is 0 Å². The monoisotopic (exact) mass is 238 g/mol. The molecule has 2 rings (SSSR count). The van der Waals surface area contributed by atoms with E-state index in [0.29, 0.717) is 5.57 Å². The molecule has 0 saturated heterocycles. The number of carbonyl (C=O) groups is 1. The topological polar surface area (TPSA) is 26.3 Å². The van der Waals surface area contributed by atoms with Gasteiger partial charge in [0, 0.05) is 5.57 Å². The summed E-state index contributed by atoms with van der Waals surface area (Å²) in [6.45, 7) is 1.85. The number of para-hydroxylation sites is 1. The highest BCUT2D eigenvalue weighted by atomic mass is 16.5. The summed E-state index contributed by atoms with van der Waals surface area (Å²) in [5.41, 5.74) is 1.58. The Morgan fingerprint density at radius 3 is 2.11 bits per heavy atom. The molecule has 0 amide bonds. The summed E-state index contributed by atoms with van der Waals surface area (Å²) < 4.78 is 5.67. The molecule has 0 aliphatic heterocycles. The lowest BCUT2D eigenvalue weighted by molar-refractivity contribution is -0.103. The van der Waals surface area contributed by atoms with Crippen LogP contribution in [-0.2, 0) is 4.79 Å². The minimum absolute atomic E-state index is 0.682. The second-order valence-electron chi connectivity index (χ2n) is 3.80. The van der Waals surface area contributed by atoms with Crippen LogP contribution in [-0.4, -0.2) is 6.29 Å². The molecular weight excluding hydrogens is 224 g/mol. The largest absolute Gasteiger partial charge is 0.457 e. The van der Waals surface area contributed by atoms with E-state index >= 15 is 0 Å². The Morgan fingerprint density at radius 1 is 0.944 bits per heavy atom. The zero-order valence-electron chi connectivity index (χ0n) is 10.2. The Kier molecular flexibility index (Phi) is 3.92. The maximum absolute atomic E-state index is 10.8. The van der Waals surface area contributed by atoms with Gasteiger partial charge in [-0.15, -0.1) is 0 Å². The molecule has 0 atom stereocenters. The van der Waals surface area contributed by atoms with E-state index in [-0.39, 0.29) is 0 Å². The van der Waals surface area contributed by atoms with Gasteiger partial charge in [-0.1, -0.05) is 36.4 Å². The van der Waals surface area contributed by atoms with Gasteiger partial charge in [0.25, 0.3) is 0 Å². The number of benzene rings is 2. The SMILES string of the molecule is CC=C(C=O)c1ccc(Oc2ccccc2)cc1. The highest BCUT2D eigenvalue weighted by molar-refractivity contribution is 6.06. The van der Waals surface area contributed by atoms with Crippen LogP contribution in [0.25, 0.3) is 5.57 Å². The third kappa shape index (κ3) is 2.86. The molecule has 0 bridgehead atoms. The molecule has 0 aromatic heterocycles. The number of hydrogen-bond donors (Lipinski definition) is 0. The molecule has 0 heterocycles. The Morgan fingerprint density at radius 2 is 1.56 bits per heavy atom. The fourth-order valence-electron chi connectivity index (χ4n) is 1.64. The molecule has 18 heavy (non-hydrogen) atoms. The number of rotatable bonds is 4. The summed E-state index contributed by atoms with van der Waals surface area (Å²) in [6.07, 6.45) is 2.65. The molecule has 0 spiro atoms. The number of aldehydes is 1. The molecule has 0 saturated carbocycles. The normalized spacial score (nSPS) is 11.1. The molecule has 0 aliphatic carbocycles. The predicted octanol–water partition coefficient (Wildman–Crippen LogP) is 4.08. The standard InChI is InChI=1S/C16H14O2/c1-2-13(12-17)14-8-10-16(11-9-14)18-15-6-4-3-5-7-15/h2-12H,1H3. The number of carbonyl (C=O) groups excluding carboxylic acids is 1. The van der Waals surface area contributed by atoms with E-state index in [1.807, 2.05) is 61.5 Å². The quantitative estimate of drug-likeness (QED) is 0.592. The van der Waals surface area contributed by atoms with Crippen LogP contribution in [0.1, 0.15) is 12.5 Å². The maximum Gasteiger partial charge on any atom is 0.150 e. The molecule has 0 unspecified atom stereocenters. The first-order valence-corrected chi connectivity index (χ1v) is 5.78. The molecule has 2 aromatic carbocycles. The van der Waals surface area contributed by atoms with Crippen LogP contribution in [0.2, 0.25) is 0 Å². The van der Waals surface area contributed by atoms with Gasteiger partial charge >= 0.3 is 0 Å². The van der Waals surface area contributed by atoms with E-state index in [9.17, 15) is 4.79 Å². The van der Waals surface area contributed by atoms with E-state index < -0.39 is 0 Å². The zero-order chi connectivity index (χ0) is 12.8. The second-order valence-corrected chi connectivity index (χ2v) is 3.80. The Balaban J connectivity index is 2.16. The number of allylic oxidation sites excluding steroid dienone is 2. The molecule has 90 valence electrons. The number of ether oxygens (including phenoxy) is 1. The average Bonchev–Trinajstić information content (AvgIpc) is 2.43. The summed E-state index contributed by atoms with van der Waals surface area (Å²) in [5, 5.41) is 0. The highest BCUT2D eigenvalue weighted by Gasteiger charge is 2.00. The van der Waals surface area contributed by atoms with Crippen molar-refractivity contribution in [3.8, 4) is 11.5 Å². The van der Waals surface area contributed by atoms with Crippen molar-refractivity contribution in [3.63, 3.8) is 0 Å². The van der Waals surface area contributed by atoms with E-state index in [4.69, 9.17) is 4.74 Å². The van der Waals surface area contributed by atoms with Crippen LogP contribution >= 0.6 is 0 Å². The van der Waals surface area contributed by atoms with Crippen LogP contribution in [0, 0.1) is 0 Å². The zero-order valence-corrected chi connectivity index (χ0v) is 10.2. The van der Waals surface area contributed by atoms with E-state index in [1.54, 1.807) is 6.08 Å². The van der Waals surface area contributed by atoms with Gasteiger partial charge in [-0.3, -0.25) is 4.79 Å². The number of hydrogen-bond acceptors (Lipinski definition) is 2. The molecule has 0 fully saturated rings. The summed E-state index contributed by atoms with van der Waals surface area (Å²) in [7, 11) is 0. The van der Waals surface area contributed by atoms with Crippen molar-refractivity contribution in [3.05, 3.63) is 66.2 Å². The van der Waals surface area contributed by atoms with Crippen molar-refractivity contribution in [2.75, 3.05) is 0 Å². The summed E-state index contributed by atoms with van der Waals surface area (Å²) in [4.78, 5) is 10.8. The highest BCUT2D eigenvalue weighted by Crippen LogP contribution is 2.22. The second kappa shape index (κ2) is 5.82. The Labute approximate surface area is 107 Å². The predicted molar refractivity (Wildman–Crippen MR) is 72.7 cm³/mol. The lowest BCUT2D eigenvalue weighted by Gasteiger charge is -2.06. The summed E-state index contributed by atoms with van der Waals surface area (Å²) >= 11 is 0. The van der Waals surface area contributed by atoms with Crippen LogP contribution in [0.5, 0.6) is 11.5 Å². The molecule has 2 aromatic rings. The van der Waals surface area contributed by atoms with Crippen molar-refractivity contribution in [2.45, 2.75) is 6.92 Å². The first-order chi connectivity index (χ1) is 8.83. The van der Waals surface area contributed by atoms with Crippen LogP contribution < -0.4 is 4.74 Å². The molecule has 2 nitrogen and oxygen atoms in total. The van der Waals surface area contributed by atoms with Gasteiger partial charge in [-0.25, -0.2) is 0 Å². The summed E-state index contributed by atoms with van der Waals surface area (Å²) in [5.74, 6) is 1.55. The smallest absolute Gasteiger partial charge is 0.150 e. The third-order valence-corrected chi connectivity index (χ3v) is 2.60. The maximum atomic E-state index is 10.8. The van der Waals surface area contributed by atoms with Gasteiger partial charge < -0.3 is 4.74 Å². The fourth-order valence-corrected chi connectivity index (χ4v) is 1.64. The molecule has 0 aliphatic rings. The molecule has 0 radical (unpaired) electrons. The van der Waals surface area contributed by atoms with Gasteiger partial charge in [0.15, 0.2) is 0 Å². The van der Waals surface area contributed by atoms with Gasteiger partial charge in [-0.05, 0) is 36.8 Å². The van der Waals surface area contributed by atoms with Crippen molar-refractivity contribution in [1.29, 1.82) is 0 Å².